The van der Waals surface area contributed by atoms with Crippen molar-refractivity contribution in [2.24, 2.45) is 23.5 Å². The van der Waals surface area contributed by atoms with Gasteiger partial charge in [0.15, 0.2) is 0 Å². The van der Waals surface area contributed by atoms with Gasteiger partial charge in [0.25, 0.3) is 0 Å². The van der Waals surface area contributed by atoms with Gasteiger partial charge < -0.3 is 5.73 Å². The number of Topliss-reactive ketones (excluding diaryl/α,β-unsaturated/α-hetero) is 1. The molecule has 0 amide bonds. The van der Waals surface area contributed by atoms with E-state index < -0.39 is 0 Å². The van der Waals surface area contributed by atoms with Crippen LogP contribution in [0.1, 0.15) is 58.8 Å². The lowest BCUT2D eigenvalue weighted by Gasteiger charge is -2.27. The molecule has 1 aliphatic rings. The standard InChI is InChI=1S/C14H27NO/c1-3-11-5-7-13(8-6-11)14(16)9-12(4-2)10-15/h11-13H,3-10,15H2,1-2H3. The average molecular weight is 225 g/mol. The Morgan fingerprint density at radius 1 is 1.25 bits per heavy atom. The molecule has 94 valence electrons. The maximum Gasteiger partial charge on any atom is 0.136 e. The molecule has 0 aromatic rings. The van der Waals surface area contributed by atoms with E-state index >= 15 is 0 Å². The van der Waals surface area contributed by atoms with Gasteiger partial charge in [0.2, 0.25) is 0 Å². The van der Waals surface area contributed by atoms with Gasteiger partial charge >= 0.3 is 0 Å². The Labute approximate surface area is 100.0 Å². The molecule has 2 nitrogen and oxygen atoms in total. The third kappa shape index (κ3) is 3.89. The van der Waals surface area contributed by atoms with Gasteiger partial charge in [-0.25, -0.2) is 0 Å². The van der Waals surface area contributed by atoms with Crippen molar-refractivity contribution >= 4 is 5.78 Å². The van der Waals surface area contributed by atoms with Crippen LogP contribution in [-0.2, 0) is 4.79 Å². The first-order valence-electron chi connectivity index (χ1n) is 6.93. The zero-order chi connectivity index (χ0) is 12.0. The van der Waals surface area contributed by atoms with Gasteiger partial charge in [-0.2, -0.15) is 0 Å². The number of carbonyl (C=O) groups is 1. The Hall–Kier alpha value is -0.370. The van der Waals surface area contributed by atoms with Gasteiger partial charge in [0, 0.05) is 12.3 Å². The Bertz CT molecular complexity index is 203. The van der Waals surface area contributed by atoms with Crippen LogP contribution in [0.15, 0.2) is 0 Å². The second-order valence-electron chi connectivity index (χ2n) is 5.31. The lowest BCUT2D eigenvalue weighted by atomic mass is 9.77. The highest BCUT2D eigenvalue weighted by Crippen LogP contribution is 2.32. The van der Waals surface area contributed by atoms with E-state index in [1.807, 2.05) is 0 Å². The summed E-state index contributed by atoms with van der Waals surface area (Å²) in [6.45, 7) is 5.04. The van der Waals surface area contributed by atoms with Crippen LogP contribution < -0.4 is 5.73 Å². The highest BCUT2D eigenvalue weighted by Gasteiger charge is 2.26. The molecular weight excluding hydrogens is 198 g/mol. The summed E-state index contributed by atoms with van der Waals surface area (Å²) in [5.74, 6) is 2.12. The fraction of sp³-hybridized carbons (Fsp3) is 0.929. The number of rotatable bonds is 6. The number of ketones is 1. The van der Waals surface area contributed by atoms with E-state index in [1.54, 1.807) is 0 Å². The van der Waals surface area contributed by atoms with Crippen LogP contribution in [0.3, 0.4) is 0 Å². The summed E-state index contributed by atoms with van der Waals surface area (Å²) in [4.78, 5) is 12.1. The summed E-state index contributed by atoms with van der Waals surface area (Å²) >= 11 is 0. The molecular formula is C14H27NO. The van der Waals surface area contributed by atoms with Gasteiger partial charge in [-0.1, -0.05) is 26.7 Å². The van der Waals surface area contributed by atoms with Crippen molar-refractivity contribution in [1.82, 2.24) is 0 Å². The highest BCUT2D eigenvalue weighted by molar-refractivity contribution is 5.81. The van der Waals surface area contributed by atoms with E-state index in [-0.39, 0.29) is 0 Å². The Balaban J connectivity index is 2.32. The molecule has 1 fully saturated rings. The molecule has 2 heteroatoms. The molecule has 1 rings (SSSR count). The summed E-state index contributed by atoms with van der Waals surface area (Å²) in [6.07, 6.45) is 7.79. The quantitative estimate of drug-likeness (QED) is 0.754. The zero-order valence-corrected chi connectivity index (χ0v) is 10.9. The third-order valence-electron chi connectivity index (χ3n) is 4.28. The molecule has 1 atom stereocenters. The fourth-order valence-corrected chi connectivity index (χ4v) is 2.74. The minimum atomic E-state index is 0.350. The lowest BCUT2D eigenvalue weighted by Crippen LogP contribution is -2.25. The Morgan fingerprint density at radius 2 is 1.88 bits per heavy atom. The van der Waals surface area contributed by atoms with Crippen LogP contribution in [0, 0.1) is 17.8 Å². The Kier molecular flexibility index (Phi) is 6.04. The fourth-order valence-electron chi connectivity index (χ4n) is 2.74. The van der Waals surface area contributed by atoms with Crippen LogP contribution >= 0.6 is 0 Å². The van der Waals surface area contributed by atoms with Gasteiger partial charge in [-0.05, 0) is 44.1 Å². The molecule has 0 saturated heterocycles. The topological polar surface area (TPSA) is 43.1 Å². The molecule has 16 heavy (non-hydrogen) atoms. The van der Waals surface area contributed by atoms with Crippen molar-refractivity contribution in [2.45, 2.75) is 58.8 Å². The first kappa shape index (κ1) is 13.7. The van der Waals surface area contributed by atoms with E-state index in [9.17, 15) is 4.79 Å². The largest absolute Gasteiger partial charge is 0.330 e. The predicted octanol–water partition coefficient (Wildman–Crippen LogP) is 3.15. The summed E-state index contributed by atoms with van der Waals surface area (Å²) in [5, 5.41) is 0. The molecule has 0 bridgehead atoms. The van der Waals surface area contributed by atoms with Gasteiger partial charge in [0.1, 0.15) is 5.78 Å². The molecule has 0 aromatic carbocycles. The molecule has 0 aliphatic heterocycles. The van der Waals surface area contributed by atoms with Crippen LogP contribution in [-0.4, -0.2) is 12.3 Å². The maximum atomic E-state index is 12.1. The van der Waals surface area contributed by atoms with Crippen molar-refractivity contribution < 1.29 is 4.79 Å². The number of carbonyl (C=O) groups excluding carboxylic acids is 1. The van der Waals surface area contributed by atoms with E-state index in [1.165, 1.54) is 19.3 Å². The van der Waals surface area contributed by atoms with Crippen molar-refractivity contribution in [3.05, 3.63) is 0 Å². The molecule has 1 aliphatic carbocycles. The van der Waals surface area contributed by atoms with Crippen LogP contribution in [0.25, 0.3) is 0 Å². The smallest absolute Gasteiger partial charge is 0.136 e. The zero-order valence-electron chi connectivity index (χ0n) is 10.9. The second kappa shape index (κ2) is 7.05. The maximum absolute atomic E-state index is 12.1. The van der Waals surface area contributed by atoms with Crippen molar-refractivity contribution in [1.29, 1.82) is 0 Å². The van der Waals surface area contributed by atoms with Crippen molar-refractivity contribution in [2.75, 3.05) is 6.54 Å². The van der Waals surface area contributed by atoms with E-state index in [0.717, 1.165) is 25.2 Å². The van der Waals surface area contributed by atoms with Gasteiger partial charge in [-0.3, -0.25) is 4.79 Å². The minimum Gasteiger partial charge on any atom is -0.330 e. The van der Waals surface area contributed by atoms with Crippen molar-refractivity contribution in [3.8, 4) is 0 Å². The molecule has 0 aromatic heterocycles. The average Bonchev–Trinajstić information content (AvgIpc) is 2.35. The summed E-state index contributed by atoms with van der Waals surface area (Å²) in [6, 6.07) is 0. The van der Waals surface area contributed by atoms with Gasteiger partial charge in [0.05, 0.1) is 0 Å². The van der Waals surface area contributed by atoms with Crippen molar-refractivity contribution in [3.63, 3.8) is 0 Å². The number of nitrogens with two attached hydrogens (primary N) is 1. The summed E-state index contributed by atoms with van der Waals surface area (Å²) in [7, 11) is 0. The SMILES string of the molecule is CCC1CCC(C(=O)CC(CC)CN)CC1. The van der Waals surface area contributed by atoms with E-state index in [4.69, 9.17) is 5.73 Å². The molecule has 2 N–H and O–H groups in total. The van der Waals surface area contributed by atoms with Crippen LogP contribution in [0.4, 0.5) is 0 Å². The monoisotopic (exact) mass is 225 g/mol. The molecule has 1 unspecified atom stereocenters. The first-order chi connectivity index (χ1) is 7.71. The number of hydrogen-bond donors (Lipinski definition) is 1. The molecule has 0 heterocycles. The third-order valence-corrected chi connectivity index (χ3v) is 4.28. The van der Waals surface area contributed by atoms with Crippen LogP contribution in [0.2, 0.25) is 0 Å². The summed E-state index contributed by atoms with van der Waals surface area (Å²) in [5.41, 5.74) is 5.65. The second-order valence-corrected chi connectivity index (χ2v) is 5.31. The predicted molar refractivity (Wildman–Crippen MR) is 68.2 cm³/mol. The van der Waals surface area contributed by atoms with E-state index in [2.05, 4.69) is 13.8 Å². The Morgan fingerprint density at radius 3 is 2.31 bits per heavy atom. The van der Waals surface area contributed by atoms with Gasteiger partial charge in [-0.15, -0.1) is 0 Å². The minimum absolute atomic E-state index is 0.350. The molecule has 0 radical (unpaired) electrons. The highest BCUT2D eigenvalue weighted by atomic mass is 16.1. The normalized spacial score (nSPS) is 27.7. The summed E-state index contributed by atoms with van der Waals surface area (Å²) < 4.78 is 0. The number of hydrogen-bond acceptors (Lipinski definition) is 2. The molecule has 0 spiro atoms. The van der Waals surface area contributed by atoms with E-state index in [0.29, 0.717) is 30.6 Å². The first-order valence-corrected chi connectivity index (χ1v) is 6.93. The molecule has 1 saturated carbocycles. The lowest BCUT2D eigenvalue weighted by molar-refractivity contribution is -0.125. The van der Waals surface area contributed by atoms with Crippen LogP contribution in [0.5, 0.6) is 0 Å².